The van der Waals surface area contributed by atoms with E-state index in [1.807, 2.05) is 0 Å². The molecule has 0 spiro atoms. The Hall–Kier alpha value is -0.860. The van der Waals surface area contributed by atoms with Gasteiger partial charge in [-0.2, -0.15) is 0 Å². The molecule has 3 nitrogen and oxygen atoms in total. The molecule has 0 fully saturated rings. The fraction of sp³-hybridized carbons (Fsp3) is 0.905. The van der Waals surface area contributed by atoms with E-state index < -0.39 is 0 Å². The van der Waals surface area contributed by atoms with E-state index in [4.69, 9.17) is 0 Å². The maximum Gasteiger partial charge on any atom is 0.340 e. The van der Waals surface area contributed by atoms with Crippen LogP contribution in [0.3, 0.4) is 0 Å². The summed E-state index contributed by atoms with van der Waals surface area (Å²) >= 11 is 0. The van der Waals surface area contributed by atoms with Crippen LogP contribution < -0.4 is 5.32 Å². The summed E-state index contributed by atoms with van der Waals surface area (Å²) in [6, 6.07) is -0.210. The van der Waals surface area contributed by atoms with Gasteiger partial charge < -0.3 is 5.32 Å². The van der Waals surface area contributed by atoms with Crippen molar-refractivity contribution in [3.63, 3.8) is 0 Å². The summed E-state index contributed by atoms with van der Waals surface area (Å²) in [5, 5.41) is 2.80. The van der Waals surface area contributed by atoms with E-state index in [-0.39, 0.29) is 6.03 Å². The lowest BCUT2D eigenvalue weighted by Gasteiger charge is -2.04. The maximum atomic E-state index is 11.1. The van der Waals surface area contributed by atoms with Crippen LogP contribution in [0, 0.1) is 0 Å². The molecule has 0 aromatic rings. The van der Waals surface area contributed by atoms with E-state index in [0.29, 0.717) is 0 Å². The second-order valence-electron chi connectivity index (χ2n) is 6.92. The molecular weight excluding hydrogens is 296 g/mol. The lowest BCUT2D eigenvalue weighted by Crippen LogP contribution is -2.20. The number of carbonyl (C=O) groups excluding carboxylic acids is 1. The molecule has 0 saturated carbocycles. The van der Waals surface area contributed by atoms with Crippen molar-refractivity contribution < 1.29 is 4.79 Å². The second-order valence-corrected chi connectivity index (χ2v) is 6.92. The van der Waals surface area contributed by atoms with Crippen LogP contribution in [-0.4, -0.2) is 18.8 Å². The molecule has 0 aliphatic rings. The van der Waals surface area contributed by atoms with Gasteiger partial charge in [0.05, 0.1) is 0 Å². The van der Waals surface area contributed by atoms with Crippen molar-refractivity contribution in [3.05, 3.63) is 0 Å². The molecule has 1 N–H and O–H groups in total. The summed E-state index contributed by atoms with van der Waals surface area (Å²) < 4.78 is 0. The zero-order chi connectivity index (χ0) is 17.7. The Bertz CT molecular complexity index is 290. The Morgan fingerprint density at radius 1 is 0.708 bits per heavy atom. The first kappa shape index (κ1) is 23.1. The molecule has 0 aromatic carbocycles. The number of amides is 2. The molecule has 0 heterocycles. The van der Waals surface area contributed by atoms with Crippen molar-refractivity contribution in [1.82, 2.24) is 5.32 Å². The summed E-state index contributed by atoms with van der Waals surface area (Å²) in [5.41, 5.74) is 0. The Morgan fingerprint density at radius 3 is 1.46 bits per heavy atom. The molecule has 0 aromatic heterocycles. The van der Waals surface area contributed by atoms with Crippen LogP contribution in [0.25, 0.3) is 0 Å². The summed E-state index contributed by atoms with van der Waals surface area (Å²) in [6.07, 6.45) is 23.5. The summed E-state index contributed by atoms with van der Waals surface area (Å²) in [4.78, 5) is 14.8. The fourth-order valence-corrected chi connectivity index (χ4v) is 3.03. The van der Waals surface area contributed by atoms with E-state index >= 15 is 0 Å². The zero-order valence-corrected chi connectivity index (χ0v) is 16.5. The van der Waals surface area contributed by atoms with Gasteiger partial charge in [0, 0.05) is 12.8 Å². The van der Waals surface area contributed by atoms with Crippen molar-refractivity contribution in [2.75, 3.05) is 6.54 Å². The van der Waals surface area contributed by atoms with Crippen molar-refractivity contribution in [1.29, 1.82) is 0 Å². The number of rotatable bonds is 17. The molecule has 0 bridgehead atoms. The SMILES string of the molecule is CC=NC(=O)NCCCCCCCCCCCCCCCCCC. The number of nitrogens with zero attached hydrogens (tertiary/aromatic N) is 1. The van der Waals surface area contributed by atoms with Gasteiger partial charge in [-0.25, -0.2) is 9.79 Å². The highest BCUT2D eigenvalue weighted by molar-refractivity contribution is 5.82. The molecule has 0 aliphatic carbocycles. The zero-order valence-electron chi connectivity index (χ0n) is 16.5. The lowest BCUT2D eigenvalue weighted by atomic mass is 10.0. The number of hydrogen-bond donors (Lipinski definition) is 1. The number of carbonyl (C=O) groups is 1. The summed E-state index contributed by atoms with van der Waals surface area (Å²) in [5.74, 6) is 0. The molecular formula is C21H42N2O. The van der Waals surface area contributed by atoms with Crippen LogP contribution in [0.15, 0.2) is 4.99 Å². The second kappa shape index (κ2) is 20.2. The van der Waals surface area contributed by atoms with E-state index in [2.05, 4.69) is 17.2 Å². The third-order valence-electron chi connectivity index (χ3n) is 4.55. The van der Waals surface area contributed by atoms with Crippen LogP contribution >= 0.6 is 0 Å². The van der Waals surface area contributed by atoms with Gasteiger partial charge in [0.2, 0.25) is 0 Å². The van der Waals surface area contributed by atoms with Gasteiger partial charge in [-0.15, -0.1) is 0 Å². The first-order valence-electron chi connectivity index (χ1n) is 10.6. The number of unbranched alkanes of at least 4 members (excludes halogenated alkanes) is 15. The fourth-order valence-electron chi connectivity index (χ4n) is 3.03. The minimum absolute atomic E-state index is 0.210. The van der Waals surface area contributed by atoms with Crippen LogP contribution in [0.4, 0.5) is 4.79 Å². The Morgan fingerprint density at radius 2 is 1.08 bits per heavy atom. The average molecular weight is 339 g/mol. The van der Waals surface area contributed by atoms with Crippen LogP contribution in [-0.2, 0) is 0 Å². The number of hydrogen-bond acceptors (Lipinski definition) is 1. The first-order chi connectivity index (χ1) is 11.8. The summed E-state index contributed by atoms with van der Waals surface area (Å²) in [6.45, 7) is 4.80. The van der Waals surface area contributed by atoms with Gasteiger partial charge in [-0.05, 0) is 13.3 Å². The molecule has 0 unspecified atom stereocenters. The normalized spacial score (nSPS) is 11.2. The maximum absolute atomic E-state index is 11.1. The third kappa shape index (κ3) is 19.2. The molecule has 3 heteroatoms. The average Bonchev–Trinajstić information content (AvgIpc) is 2.58. The van der Waals surface area contributed by atoms with Crippen molar-refractivity contribution in [2.45, 2.75) is 117 Å². The highest BCUT2D eigenvalue weighted by Crippen LogP contribution is 2.13. The standard InChI is InChI=1S/C21H42N2O/c1-3-5-6-7-8-9-10-11-12-13-14-15-16-17-18-19-20-23-21(24)22-4-2/h4H,3,5-20H2,1-2H3,(H,23,24). The number of urea groups is 1. The Labute approximate surface area is 151 Å². The van der Waals surface area contributed by atoms with E-state index in [9.17, 15) is 4.79 Å². The van der Waals surface area contributed by atoms with Crippen LogP contribution in [0.1, 0.15) is 117 Å². The molecule has 0 rings (SSSR count). The predicted molar refractivity (Wildman–Crippen MR) is 107 cm³/mol. The smallest absolute Gasteiger partial charge is 0.336 e. The van der Waals surface area contributed by atoms with Gasteiger partial charge in [-0.3, -0.25) is 0 Å². The largest absolute Gasteiger partial charge is 0.340 e. The first-order valence-corrected chi connectivity index (χ1v) is 10.6. The molecule has 0 radical (unpaired) electrons. The van der Waals surface area contributed by atoms with E-state index in [0.717, 1.165) is 13.0 Å². The van der Waals surface area contributed by atoms with Gasteiger partial charge in [-0.1, -0.05) is 103 Å². The van der Waals surface area contributed by atoms with Gasteiger partial charge in [0.1, 0.15) is 0 Å². The molecule has 0 saturated heterocycles. The minimum atomic E-state index is -0.210. The highest BCUT2D eigenvalue weighted by Gasteiger charge is 1.96. The minimum Gasteiger partial charge on any atom is -0.336 e. The lowest BCUT2D eigenvalue weighted by molar-refractivity contribution is 0.249. The third-order valence-corrected chi connectivity index (χ3v) is 4.55. The highest BCUT2D eigenvalue weighted by atomic mass is 16.2. The molecule has 2 amide bonds. The topological polar surface area (TPSA) is 41.5 Å². The Kier molecular flexibility index (Phi) is 19.5. The van der Waals surface area contributed by atoms with Gasteiger partial charge in [0.25, 0.3) is 0 Å². The summed E-state index contributed by atoms with van der Waals surface area (Å²) in [7, 11) is 0. The van der Waals surface area contributed by atoms with E-state index in [1.165, 1.54) is 103 Å². The van der Waals surface area contributed by atoms with Crippen molar-refractivity contribution in [2.24, 2.45) is 4.99 Å². The van der Waals surface area contributed by atoms with Gasteiger partial charge in [0.15, 0.2) is 0 Å². The quantitative estimate of drug-likeness (QED) is 0.224. The molecule has 142 valence electrons. The Balaban J connectivity index is 3.04. The van der Waals surface area contributed by atoms with Crippen molar-refractivity contribution >= 4 is 12.2 Å². The van der Waals surface area contributed by atoms with Crippen molar-refractivity contribution in [3.8, 4) is 0 Å². The molecule has 0 aliphatic heterocycles. The monoisotopic (exact) mass is 338 g/mol. The van der Waals surface area contributed by atoms with Crippen LogP contribution in [0.2, 0.25) is 0 Å². The number of nitrogens with one attached hydrogen (secondary N) is 1. The van der Waals surface area contributed by atoms with Crippen LogP contribution in [0.5, 0.6) is 0 Å². The molecule has 24 heavy (non-hydrogen) atoms. The number of aliphatic imine (C=N–C) groups is 1. The predicted octanol–water partition coefficient (Wildman–Crippen LogP) is 7.05. The molecule has 0 atom stereocenters. The van der Waals surface area contributed by atoms with E-state index in [1.54, 1.807) is 6.92 Å². The van der Waals surface area contributed by atoms with Gasteiger partial charge >= 0.3 is 6.03 Å².